The molecule has 0 radical (unpaired) electrons. The number of hydrogen-bond donors (Lipinski definition) is 1. The molecule has 0 saturated heterocycles. The van der Waals surface area contributed by atoms with Gasteiger partial charge in [-0.15, -0.1) is 0 Å². The van der Waals surface area contributed by atoms with Crippen molar-refractivity contribution in [2.75, 3.05) is 19.6 Å². The molecule has 0 bridgehead atoms. The lowest BCUT2D eigenvalue weighted by Gasteiger charge is -2.26. The number of unbranched alkanes of at least 4 members (excludes halogenated alkanes) is 1. The van der Waals surface area contributed by atoms with E-state index < -0.39 is 18.6 Å². The number of carbonyl (C=O) groups is 1. The Kier molecular flexibility index (Phi) is 9.66. The van der Waals surface area contributed by atoms with E-state index in [0.29, 0.717) is 25.3 Å². The van der Waals surface area contributed by atoms with Crippen molar-refractivity contribution in [1.82, 2.24) is 4.90 Å². The zero-order valence-corrected chi connectivity index (χ0v) is 13.4. The van der Waals surface area contributed by atoms with Crippen LogP contribution in [0.1, 0.15) is 52.9 Å². The Morgan fingerprint density at radius 3 is 2.29 bits per heavy atom. The standard InChI is InChI=1S/C15H29F3N2O/c1-4-5-10-20(11-15(16,17)18)14(21)7-6-13(8-9-19)12(2)3/h12-13H,4-11,19H2,1-3H3. The van der Waals surface area contributed by atoms with Gasteiger partial charge < -0.3 is 10.6 Å². The molecule has 0 aliphatic rings. The first-order chi connectivity index (χ1) is 9.71. The first-order valence-electron chi connectivity index (χ1n) is 7.75. The van der Waals surface area contributed by atoms with E-state index in [-0.39, 0.29) is 18.9 Å². The molecule has 0 aromatic heterocycles. The highest BCUT2D eigenvalue weighted by Crippen LogP contribution is 2.22. The van der Waals surface area contributed by atoms with E-state index in [4.69, 9.17) is 5.73 Å². The van der Waals surface area contributed by atoms with Crippen LogP contribution in [0.5, 0.6) is 0 Å². The van der Waals surface area contributed by atoms with Crippen LogP contribution in [0.3, 0.4) is 0 Å². The van der Waals surface area contributed by atoms with Crippen molar-refractivity contribution in [1.29, 1.82) is 0 Å². The molecular formula is C15H29F3N2O. The summed E-state index contributed by atoms with van der Waals surface area (Å²) in [6, 6.07) is 0. The molecule has 126 valence electrons. The highest BCUT2D eigenvalue weighted by Gasteiger charge is 2.32. The number of hydrogen-bond acceptors (Lipinski definition) is 2. The topological polar surface area (TPSA) is 46.3 Å². The highest BCUT2D eigenvalue weighted by atomic mass is 19.4. The van der Waals surface area contributed by atoms with Crippen molar-refractivity contribution in [2.24, 2.45) is 17.6 Å². The average molecular weight is 310 g/mol. The molecule has 0 aromatic carbocycles. The molecule has 6 heteroatoms. The van der Waals surface area contributed by atoms with Crippen LogP contribution in [0.2, 0.25) is 0 Å². The van der Waals surface area contributed by atoms with Crippen LogP contribution in [0.4, 0.5) is 13.2 Å². The Morgan fingerprint density at radius 1 is 1.24 bits per heavy atom. The van der Waals surface area contributed by atoms with Crippen LogP contribution in [0.15, 0.2) is 0 Å². The van der Waals surface area contributed by atoms with Gasteiger partial charge in [-0.25, -0.2) is 0 Å². The van der Waals surface area contributed by atoms with Crippen molar-refractivity contribution < 1.29 is 18.0 Å². The first kappa shape index (κ1) is 20.2. The first-order valence-corrected chi connectivity index (χ1v) is 7.75. The zero-order chi connectivity index (χ0) is 16.5. The Labute approximate surface area is 126 Å². The molecule has 0 spiro atoms. The summed E-state index contributed by atoms with van der Waals surface area (Å²) in [6.45, 7) is 5.57. The van der Waals surface area contributed by atoms with Crippen molar-refractivity contribution >= 4 is 5.91 Å². The number of rotatable bonds is 10. The summed E-state index contributed by atoms with van der Waals surface area (Å²) in [6.07, 6.45) is -1.39. The van der Waals surface area contributed by atoms with E-state index in [9.17, 15) is 18.0 Å². The minimum Gasteiger partial charge on any atom is -0.334 e. The second-order valence-electron chi connectivity index (χ2n) is 5.90. The second-order valence-corrected chi connectivity index (χ2v) is 5.90. The predicted molar refractivity (Wildman–Crippen MR) is 78.8 cm³/mol. The quantitative estimate of drug-likeness (QED) is 0.670. The third-order valence-electron chi connectivity index (χ3n) is 3.71. The smallest absolute Gasteiger partial charge is 0.334 e. The van der Waals surface area contributed by atoms with Crippen LogP contribution < -0.4 is 5.73 Å². The number of amides is 1. The summed E-state index contributed by atoms with van der Waals surface area (Å²) >= 11 is 0. The minimum absolute atomic E-state index is 0.169. The number of carbonyl (C=O) groups excluding carboxylic acids is 1. The lowest BCUT2D eigenvalue weighted by Crippen LogP contribution is -2.39. The Hall–Kier alpha value is -0.780. The summed E-state index contributed by atoms with van der Waals surface area (Å²) in [4.78, 5) is 13.0. The van der Waals surface area contributed by atoms with Gasteiger partial charge in [-0.3, -0.25) is 4.79 Å². The Balaban J connectivity index is 4.50. The van der Waals surface area contributed by atoms with Gasteiger partial charge in [0.2, 0.25) is 5.91 Å². The summed E-state index contributed by atoms with van der Waals surface area (Å²) in [5.74, 6) is 0.273. The van der Waals surface area contributed by atoms with Gasteiger partial charge >= 0.3 is 6.18 Å². The third kappa shape index (κ3) is 9.72. The second kappa shape index (κ2) is 10.0. The number of nitrogens with zero attached hydrogens (tertiary/aromatic N) is 1. The van der Waals surface area contributed by atoms with Crippen molar-refractivity contribution in [3.63, 3.8) is 0 Å². The maximum Gasteiger partial charge on any atom is 0.406 e. The van der Waals surface area contributed by atoms with Crippen molar-refractivity contribution in [2.45, 2.75) is 59.1 Å². The lowest BCUT2D eigenvalue weighted by atomic mass is 9.88. The maximum atomic E-state index is 12.5. The normalized spacial score (nSPS) is 13.5. The minimum atomic E-state index is -4.34. The van der Waals surface area contributed by atoms with E-state index in [1.54, 1.807) is 0 Å². The molecule has 0 fully saturated rings. The Bertz CT molecular complexity index is 293. The maximum absolute atomic E-state index is 12.5. The molecule has 1 amide bonds. The number of nitrogens with two attached hydrogens (primary N) is 1. The van der Waals surface area contributed by atoms with Gasteiger partial charge in [-0.2, -0.15) is 13.2 Å². The zero-order valence-electron chi connectivity index (χ0n) is 13.4. The van der Waals surface area contributed by atoms with Crippen LogP contribution in [0, 0.1) is 11.8 Å². The lowest BCUT2D eigenvalue weighted by molar-refractivity contribution is -0.161. The molecule has 1 unspecified atom stereocenters. The fourth-order valence-electron chi connectivity index (χ4n) is 2.35. The van der Waals surface area contributed by atoms with E-state index in [0.717, 1.165) is 17.7 Å². The predicted octanol–water partition coefficient (Wildman–Crippen LogP) is 3.58. The molecule has 1 atom stereocenters. The monoisotopic (exact) mass is 310 g/mol. The van der Waals surface area contributed by atoms with Crippen LogP contribution >= 0.6 is 0 Å². The van der Waals surface area contributed by atoms with Gasteiger partial charge in [-0.05, 0) is 37.6 Å². The summed E-state index contributed by atoms with van der Waals surface area (Å²) < 4.78 is 37.6. The molecular weight excluding hydrogens is 281 g/mol. The van der Waals surface area contributed by atoms with Gasteiger partial charge in [0.1, 0.15) is 6.54 Å². The molecule has 21 heavy (non-hydrogen) atoms. The molecule has 0 saturated carbocycles. The largest absolute Gasteiger partial charge is 0.406 e. The summed E-state index contributed by atoms with van der Waals surface area (Å²) in [5.41, 5.74) is 5.54. The van der Waals surface area contributed by atoms with Crippen LogP contribution in [-0.4, -0.2) is 36.6 Å². The molecule has 0 aliphatic carbocycles. The van der Waals surface area contributed by atoms with E-state index in [2.05, 4.69) is 13.8 Å². The fourth-order valence-corrected chi connectivity index (χ4v) is 2.35. The number of alkyl halides is 3. The van der Waals surface area contributed by atoms with E-state index in [1.807, 2.05) is 6.92 Å². The van der Waals surface area contributed by atoms with Gasteiger partial charge in [-0.1, -0.05) is 27.2 Å². The molecule has 0 rings (SSSR count). The van der Waals surface area contributed by atoms with E-state index in [1.165, 1.54) is 0 Å². The number of halogens is 3. The molecule has 0 aliphatic heterocycles. The average Bonchev–Trinajstić information content (AvgIpc) is 2.37. The van der Waals surface area contributed by atoms with Gasteiger partial charge in [0.05, 0.1) is 0 Å². The highest BCUT2D eigenvalue weighted by molar-refractivity contribution is 5.76. The van der Waals surface area contributed by atoms with Gasteiger partial charge in [0, 0.05) is 13.0 Å². The van der Waals surface area contributed by atoms with Crippen LogP contribution in [0.25, 0.3) is 0 Å². The SMILES string of the molecule is CCCCN(CC(F)(F)F)C(=O)CCC(CCN)C(C)C. The third-order valence-corrected chi connectivity index (χ3v) is 3.71. The van der Waals surface area contributed by atoms with E-state index >= 15 is 0 Å². The molecule has 3 nitrogen and oxygen atoms in total. The van der Waals surface area contributed by atoms with Gasteiger partial charge in [0.25, 0.3) is 0 Å². The Morgan fingerprint density at radius 2 is 1.86 bits per heavy atom. The van der Waals surface area contributed by atoms with Crippen molar-refractivity contribution in [3.8, 4) is 0 Å². The molecule has 0 aromatic rings. The van der Waals surface area contributed by atoms with Gasteiger partial charge in [0.15, 0.2) is 0 Å². The summed E-state index contributed by atoms with van der Waals surface area (Å²) in [5, 5.41) is 0. The van der Waals surface area contributed by atoms with Crippen LogP contribution in [-0.2, 0) is 4.79 Å². The molecule has 0 heterocycles. The molecule has 2 N–H and O–H groups in total. The summed E-state index contributed by atoms with van der Waals surface area (Å²) in [7, 11) is 0. The fraction of sp³-hybridized carbons (Fsp3) is 0.933. The van der Waals surface area contributed by atoms with Crippen molar-refractivity contribution in [3.05, 3.63) is 0 Å².